The lowest BCUT2D eigenvalue weighted by atomic mass is 10.00. The van der Waals surface area contributed by atoms with Crippen molar-refractivity contribution in [2.75, 3.05) is 0 Å². The fraction of sp³-hybridized carbons (Fsp3) is 0. The third kappa shape index (κ3) is 6.22. The largest absolute Gasteiger partial charge is 0.319 e. The first-order chi connectivity index (χ1) is 35.0. The average molecular weight is 904 g/mol. The molecule has 0 spiro atoms. The van der Waals surface area contributed by atoms with Gasteiger partial charge in [0.1, 0.15) is 5.82 Å². The molecule has 71 heavy (non-hydrogen) atoms. The Balaban J connectivity index is 1.07. The van der Waals surface area contributed by atoms with E-state index in [2.05, 4.69) is 168 Å². The molecule has 13 aromatic rings. The van der Waals surface area contributed by atoms with Gasteiger partial charge in [-0.15, -0.1) is 0 Å². The highest BCUT2D eigenvalue weighted by Crippen LogP contribution is 2.44. The van der Waals surface area contributed by atoms with Crippen molar-refractivity contribution >= 4 is 82.5 Å². The third-order valence-electron chi connectivity index (χ3n) is 13.6. The molecule has 0 bridgehead atoms. The Hall–Kier alpha value is -10.6. The van der Waals surface area contributed by atoms with Gasteiger partial charge in [0, 0.05) is 60.4 Å². The van der Waals surface area contributed by atoms with Gasteiger partial charge in [0.05, 0.1) is 81.5 Å². The maximum absolute atomic E-state index is 11.1. The number of nitriles is 1. The fourth-order valence-electron chi connectivity index (χ4n) is 10.5. The second-order valence-electron chi connectivity index (χ2n) is 17.3. The standard InChI is InChI=1S/C62H33N9/c1-64-50-22-10-4-20-45(50)52-36-53(68-62(67-52)46-21-5-11-23-51(46)65-2)47-35-54(66-3)61(32-38(47)37-63)71-59-30-28-39(69-55-24-12-6-16-41(55)42-17-7-13-25-56(42)69)33-48(59)49-34-40(29-31-60(49)71)70-57-26-14-8-18-43(57)44-19-9-15-27-58(44)70/h4-36H. The topological polar surface area (TPSA) is 77.4 Å². The molecule has 0 fully saturated rings. The summed E-state index contributed by atoms with van der Waals surface area (Å²) in [6.07, 6.45) is 0. The highest BCUT2D eigenvalue weighted by molar-refractivity contribution is 6.14. The minimum atomic E-state index is 0.265. The molecule has 0 unspecified atom stereocenters. The number of rotatable bonds is 6. The van der Waals surface area contributed by atoms with Crippen LogP contribution in [-0.2, 0) is 0 Å². The Kier molecular flexibility index (Phi) is 9.19. The van der Waals surface area contributed by atoms with Crippen molar-refractivity contribution in [3.63, 3.8) is 0 Å². The van der Waals surface area contributed by atoms with Crippen molar-refractivity contribution in [2.24, 2.45) is 0 Å². The minimum Gasteiger partial charge on any atom is -0.319 e. The fourth-order valence-corrected chi connectivity index (χ4v) is 10.5. The van der Waals surface area contributed by atoms with Crippen LogP contribution in [0.15, 0.2) is 200 Å². The van der Waals surface area contributed by atoms with Crippen LogP contribution in [0, 0.1) is 31.0 Å². The van der Waals surface area contributed by atoms with Crippen LogP contribution in [0.5, 0.6) is 0 Å². The van der Waals surface area contributed by atoms with Gasteiger partial charge in [0.25, 0.3) is 0 Å². The van der Waals surface area contributed by atoms with Crippen molar-refractivity contribution in [1.29, 1.82) is 5.26 Å². The van der Waals surface area contributed by atoms with Crippen molar-refractivity contribution < 1.29 is 0 Å². The second-order valence-corrected chi connectivity index (χ2v) is 17.3. The molecule has 4 heterocycles. The maximum Gasteiger partial charge on any atom is 0.211 e. The molecule has 0 aliphatic carbocycles. The Labute approximate surface area is 406 Å². The molecule has 9 heteroatoms. The molecule has 9 aromatic carbocycles. The van der Waals surface area contributed by atoms with Crippen molar-refractivity contribution in [2.45, 2.75) is 0 Å². The van der Waals surface area contributed by atoms with Crippen LogP contribution >= 0.6 is 0 Å². The highest BCUT2D eigenvalue weighted by Gasteiger charge is 2.23. The first-order valence-electron chi connectivity index (χ1n) is 22.9. The number of benzene rings is 9. The molecule has 0 atom stereocenters. The normalized spacial score (nSPS) is 11.3. The summed E-state index contributed by atoms with van der Waals surface area (Å²) in [5, 5.41) is 17.7. The Morgan fingerprint density at radius 3 is 1.25 bits per heavy atom. The van der Waals surface area contributed by atoms with E-state index in [1.807, 2.05) is 18.2 Å². The summed E-state index contributed by atoms with van der Waals surface area (Å²) in [4.78, 5) is 21.6. The number of para-hydroxylation sites is 6. The van der Waals surface area contributed by atoms with Gasteiger partial charge < -0.3 is 13.7 Å². The van der Waals surface area contributed by atoms with E-state index in [1.165, 1.54) is 21.5 Å². The van der Waals surface area contributed by atoms with Crippen LogP contribution < -0.4 is 0 Å². The van der Waals surface area contributed by atoms with Crippen molar-refractivity contribution in [3.8, 4) is 57.0 Å². The Bertz CT molecular complexity index is 4240. The molecule has 0 aliphatic rings. The van der Waals surface area contributed by atoms with Crippen LogP contribution in [0.25, 0.3) is 131 Å². The average Bonchev–Trinajstić information content (AvgIpc) is 4.08. The third-order valence-corrected chi connectivity index (χ3v) is 13.6. The van der Waals surface area contributed by atoms with Gasteiger partial charge in [-0.3, -0.25) is 0 Å². The number of fused-ring (bicyclic) bond motifs is 9. The van der Waals surface area contributed by atoms with Crippen molar-refractivity contribution in [3.05, 3.63) is 240 Å². The molecular weight excluding hydrogens is 871 g/mol. The van der Waals surface area contributed by atoms with E-state index >= 15 is 0 Å². The van der Waals surface area contributed by atoms with Gasteiger partial charge >= 0.3 is 0 Å². The molecule has 0 aliphatic heterocycles. The van der Waals surface area contributed by atoms with Gasteiger partial charge in [-0.25, -0.2) is 24.5 Å². The van der Waals surface area contributed by atoms with Crippen LogP contribution in [0.2, 0.25) is 0 Å². The van der Waals surface area contributed by atoms with E-state index in [0.717, 1.165) is 55.2 Å². The van der Waals surface area contributed by atoms with Gasteiger partial charge in [-0.2, -0.15) is 5.26 Å². The summed E-state index contributed by atoms with van der Waals surface area (Å²) in [6, 6.07) is 68.9. The Morgan fingerprint density at radius 2 is 0.775 bits per heavy atom. The monoisotopic (exact) mass is 903 g/mol. The van der Waals surface area contributed by atoms with Crippen molar-refractivity contribution in [1.82, 2.24) is 23.7 Å². The zero-order chi connectivity index (χ0) is 47.7. The predicted molar refractivity (Wildman–Crippen MR) is 285 cm³/mol. The summed E-state index contributed by atoms with van der Waals surface area (Å²) in [5.41, 5.74) is 12.3. The molecule has 0 N–H and O–H groups in total. The molecule has 13 rings (SSSR count). The second kappa shape index (κ2) is 16.0. The summed E-state index contributed by atoms with van der Waals surface area (Å²) in [6.45, 7) is 24.6. The number of hydrogen-bond donors (Lipinski definition) is 0. The van der Waals surface area contributed by atoms with E-state index in [4.69, 9.17) is 29.7 Å². The lowest BCUT2D eigenvalue weighted by Gasteiger charge is -2.16. The van der Waals surface area contributed by atoms with Crippen LogP contribution in [0.3, 0.4) is 0 Å². The molecule has 4 aromatic heterocycles. The van der Waals surface area contributed by atoms with Gasteiger partial charge in [-0.1, -0.05) is 121 Å². The number of nitrogens with zero attached hydrogens (tertiary/aromatic N) is 9. The van der Waals surface area contributed by atoms with Crippen LogP contribution in [-0.4, -0.2) is 23.7 Å². The summed E-state index contributed by atoms with van der Waals surface area (Å²) < 4.78 is 6.73. The minimum absolute atomic E-state index is 0.265. The molecular formula is C62H33N9. The highest BCUT2D eigenvalue weighted by atomic mass is 15.0. The molecule has 0 saturated carbocycles. The lowest BCUT2D eigenvalue weighted by Crippen LogP contribution is -2.00. The smallest absolute Gasteiger partial charge is 0.211 e. The quantitative estimate of drug-likeness (QED) is 0.156. The van der Waals surface area contributed by atoms with E-state index in [9.17, 15) is 5.26 Å². The van der Waals surface area contributed by atoms with Gasteiger partial charge in [0.15, 0.2) is 11.4 Å². The van der Waals surface area contributed by atoms with Crippen LogP contribution in [0.1, 0.15) is 5.56 Å². The number of aromatic nitrogens is 5. The first-order valence-corrected chi connectivity index (χ1v) is 22.9. The van der Waals surface area contributed by atoms with Gasteiger partial charge in [0.2, 0.25) is 5.69 Å². The molecule has 326 valence electrons. The number of hydrogen-bond acceptors (Lipinski definition) is 3. The van der Waals surface area contributed by atoms with E-state index in [1.54, 1.807) is 48.5 Å². The Morgan fingerprint density at radius 1 is 0.366 bits per heavy atom. The summed E-state index contributed by atoms with van der Waals surface area (Å²) in [5.74, 6) is 0.265. The van der Waals surface area contributed by atoms with E-state index in [-0.39, 0.29) is 5.82 Å². The SMILES string of the molecule is [C-]#[N+]c1ccccc1-c1cc(-c2cc([N+]#[C-])c(-n3c4ccc(-n5c6ccccc6c6ccccc65)cc4c4cc(-n5c6ccccc6c6ccccc65)ccc43)cc2C#N)nc(-c2ccccc2[N+]#[C-])n1. The molecule has 0 radical (unpaired) electrons. The zero-order valence-corrected chi connectivity index (χ0v) is 37.6. The first kappa shape index (κ1) is 40.7. The van der Waals surface area contributed by atoms with E-state index in [0.29, 0.717) is 56.4 Å². The zero-order valence-electron chi connectivity index (χ0n) is 37.6. The van der Waals surface area contributed by atoms with Gasteiger partial charge in [-0.05, 0) is 78.9 Å². The lowest BCUT2D eigenvalue weighted by molar-refractivity contribution is 1.16. The summed E-state index contributed by atoms with van der Waals surface area (Å²) >= 11 is 0. The van der Waals surface area contributed by atoms with E-state index < -0.39 is 0 Å². The maximum atomic E-state index is 11.1. The van der Waals surface area contributed by atoms with Crippen LogP contribution in [0.4, 0.5) is 17.1 Å². The molecule has 9 nitrogen and oxygen atoms in total. The molecule has 0 amide bonds. The predicted octanol–water partition coefficient (Wildman–Crippen LogP) is 16.3. The molecule has 0 saturated heterocycles. The summed E-state index contributed by atoms with van der Waals surface area (Å²) in [7, 11) is 0.